The van der Waals surface area contributed by atoms with Gasteiger partial charge in [-0.25, -0.2) is 14.4 Å². The van der Waals surface area contributed by atoms with Crippen LogP contribution in [-0.4, -0.2) is 15.0 Å². The van der Waals surface area contributed by atoms with E-state index in [1.165, 1.54) is 24.5 Å². The van der Waals surface area contributed by atoms with E-state index in [-0.39, 0.29) is 5.69 Å². The van der Waals surface area contributed by atoms with Gasteiger partial charge in [0.1, 0.15) is 17.2 Å². The normalized spacial score (nSPS) is 10.3. The lowest BCUT2D eigenvalue weighted by atomic mass is 10.2. The molecular weight excluding hydrogens is 217 g/mol. The maximum Gasteiger partial charge on any atom is 0.151 e. The second-order valence-electron chi connectivity index (χ2n) is 2.95. The van der Waals surface area contributed by atoms with E-state index in [1.54, 1.807) is 6.92 Å². The fourth-order valence-corrected chi connectivity index (χ4v) is 1.36. The summed E-state index contributed by atoms with van der Waals surface area (Å²) in [5.74, 6) is 0.0805. The van der Waals surface area contributed by atoms with Crippen LogP contribution in [0.1, 0.15) is 5.82 Å². The molecule has 0 aliphatic heterocycles. The highest BCUT2D eigenvalue weighted by Crippen LogP contribution is 2.24. The highest BCUT2D eigenvalue weighted by atomic mass is 35.5. The van der Waals surface area contributed by atoms with Crippen LogP contribution >= 0.6 is 11.6 Å². The third-order valence-electron chi connectivity index (χ3n) is 1.85. The number of aromatic nitrogens is 3. The van der Waals surface area contributed by atoms with Gasteiger partial charge in [0.25, 0.3) is 0 Å². The van der Waals surface area contributed by atoms with Gasteiger partial charge in [-0.1, -0.05) is 11.6 Å². The van der Waals surface area contributed by atoms with Gasteiger partial charge in [0.05, 0.1) is 5.02 Å². The van der Waals surface area contributed by atoms with Crippen molar-refractivity contribution in [3.05, 3.63) is 41.2 Å². The summed E-state index contributed by atoms with van der Waals surface area (Å²) >= 11 is 5.87. The smallest absolute Gasteiger partial charge is 0.151 e. The molecule has 0 saturated heterocycles. The Labute approximate surface area is 91.0 Å². The lowest BCUT2D eigenvalue weighted by Crippen LogP contribution is -1.96. The Balaban J connectivity index is 2.64. The number of hydrogen-bond acceptors (Lipinski definition) is 3. The van der Waals surface area contributed by atoms with E-state index in [0.29, 0.717) is 16.5 Å². The fraction of sp³-hybridized carbons (Fsp3) is 0.100. The monoisotopic (exact) mass is 223 g/mol. The maximum atomic E-state index is 13.4. The number of aryl methyl sites for hydroxylation is 1. The predicted octanol–water partition coefficient (Wildman–Crippen LogP) is 2.64. The van der Waals surface area contributed by atoms with Crippen molar-refractivity contribution < 1.29 is 4.39 Å². The minimum absolute atomic E-state index is 0.146. The van der Waals surface area contributed by atoms with Crippen LogP contribution in [0, 0.1) is 12.7 Å². The van der Waals surface area contributed by atoms with E-state index in [2.05, 4.69) is 15.0 Å². The standard InChI is InChI=1S/C10H7ClFN3/c1-6-14-5-7(11)9(15-6)10-8(12)3-2-4-13-10/h2-5H,1H3. The first-order valence-electron chi connectivity index (χ1n) is 4.28. The largest absolute Gasteiger partial charge is 0.251 e. The summed E-state index contributed by atoms with van der Waals surface area (Å²) in [5, 5.41) is 0.290. The van der Waals surface area contributed by atoms with Gasteiger partial charge >= 0.3 is 0 Å². The van der Waals surface area contributed by atoms with Crippen LogP contribution < -0.4 is 0 Å². The number of pyridine rings is 1. The molecule has 0 aliphatic carbocycles. The Morgan fingerprint density at radius 1 is 1.27 bits per heavy atom. The van der Waals surface area contributed by atoms with Crippen molar-refractivity contribution in [3.8, 4) is 11.4 Å². The molecule has 0 amide bonds. The van der Waals surface area contributed by atoms with Crippen LogP contribution in [0.25, 0.3) is 11.4 Å². The first-order chi connectivity index (χ1) is 7.18. The molecule has 0 fully saturated rings. The van der Waals surface area contributed by atoms with Crippen LogP contribution in [0.2, 0.25) is 5.02 Å². The Morgan fingerprint density at radius 2 is 2.07 bits per heavy atom. The average molecular weight is 224 g/mol. The molecule has 15 heavy (non-hydrogen) atoms. The minimum Gasteiger partial charge on any atom is -0.251 e. The third kappa shape index (κ3) is 1.94. The predicted molar refractivity (Wildman–Crippen MR) is 55.0 cm³/mol. The van der Waals surface area contributed by atoms with Crippen LogP contribution in [0.5, 0.6) is 0 Å². The van der Waals surface area contributed by atoms with Crippen molar-refractivity contribution in [2.75, 3.05) is 0 Å². The van der Waals surface area contributed by atoms with Crippen LogP contribution in [0.3, 0.4) is 0 Å². The van der Waals surface area contributed by atoms with Gasteiger partial charge < -0.3 is 0 Å². The summed E-state index contributed by atoms with van der Waals surface area (Å²) in [6.07, 6.45) is 2.93. The van der Waals surface area contributed by atoms with Gasteiger partial charge in [-0.2, -0.15) is 0 Å². The van der Waals surface area contributed by atoms with Gasteiger partial charge in [0.2, 0.25) is 0 Å². The second kappa shape index (κ2) is 3.90. The molecule has 76 valence electrons. The number of rotatable bonds is 1. The highest BCUT2D eigenvalue weighted by molar-refractivity contribution is 6.32. The molecule has 0 N–H and O–H groups in total. The van der Waals surface area contributed by atoms with Crippen molar-refractivity contribution in [3.63, 3.8) is 0 Å². The van der Waals surface area contributed by atoms with E-state index >= 15 is 0 Å². The first kappa shape index (κ1) is 9.98. The molecule has 0 bridgehead atoms. The Morgan fingerprint density at radius 3 is 2.80 bits per heavy atom. The molecule has 2 aromatic heterocycles. The molecule has 0 aromatic carbocycles. The molecular formula is C10H7ClFN3. The van der Waals surface area contributed by atoms with Crippen molar-refractivity contribution in [1.82, 2.24) is 15.0 Å². The Hall–Kier alpha value is -1.55. The zero-order valence-corrected chi connectivity index (χ0v) is 8.66. The van der Waals surface area contributed by atoms with Crippen molar-refractivity contribution in [1.29, 1.82) is 0 Å². The molecule has 5 heteroatoms. The molecule has 0 radical (unpaired) electrons. The quantitative estimate of drug-likeness (QED) is 0.746. The second-order valence-corrected chi connectivity index (χ2v) is 3.35. The number of nitrogens with zero attached hydrogens (tertiary/aromatic N) is 3. The number of halogens is 2. The summed E-state index contributed by atoms with van der Waals surface area (Å²) in [5.41, 5.74) is 0.468. The van der Waals surface area contributed by atoms with Gasteiger partial charge in [-0.3, -0.25) is 4.98 Å². The average Bonchev–Trinajstić information content (AvgIpc) is 2.23. The summed E-state index contributed by atoms with van der Waals surface area (Å²) in [4.78, 5) is 11.9. The molecule has 0 unspecified atom stereocenters. The van der Waals surface area contributed by atoms with E-state index < -0.39 is 5.82 Å². The molecule has 3 nitrogen and oxygen atoms in total. The summed E-state index contributed by atoms with van der Waals surface area (Å²) in [7, 11) is 0. The topological polar surface area (TPSA) is 38.7 Å². The molecule has 2 rings (SSSR count). The van der Waals surface area contributed by atoms with Gasteiger partial charge in [-0.15, -0.1) is 0 Å². The van der Waals surface area contributed by atoms with Gasteiger partial charge in [-0.05, 0) is 19.1 Å². The first-order valence-corrected chi connectivity index (χ1v) is 4.66. The van der Waals surface area contributed by atoms with Crippen LogP contribution in [0.4, 0.5) is 4.39 Å². The van der Waals surface area contributed by atoms with E-state index in [9.17, 15) is 4.39 Å². The van der Waals surface area contributed by atoms with Gasteiger partial charge in [0.15, 0.2) is 5.82 Å². The molecule has 2 heterocycles. The number of hydrogen-bond donors (Lipinski definition) is 0. The molecule has 0 aliphatic rings. The van der Waals surface area contributed by atoms with Crippen molar-refractivity contribution in [2.45, 2.75) is 6.92 Å². The maximum absolute atomic E-state index is 13.4. The molecule has 2 aromatic rings. The van der Waals surface area contributed by atoms with Crippen LogP contribution in [-0.2, 0) is 0 Å². The summed E-state index contributed by atoms with van der Waals surface area (Å²) in [6.45, 7) is 1.71. The fourth-order valence-electron chi connectivity index (χ4n) is 1.18. The van der Waals surface area contributed by atoms with E-state index in [0.717, 1.165) is 0 Å². The molecule has 0 atom stereocenters. The Bertz CT molecular complexity index is 502. The highest BCUT2D eigenvalue weighted by Gasteiger charge is 2.11. The third-order valence-corrected chi connectivity index (χ3v) is 2.12. The molecule has 0 spiro atoms. The zero-order valence-electron chi connectivity index (χ0n) is 7.91. The minimum atomic E-state index is -0.447. The molecule has 0 saturated carbocycles. The van der Waals surface area contributed by atoms with Crippen molar-refractivity contribution >= 4 is 11.6 Å². The summed E-state index contributed by atoms with van der Waals surface area (Å²) in [6, 6.07) is 2.83. The zero-order chi connectivity index (χ0) is 10.8. The Kier molecular flexibility index (Phi) is 2.60. The van der Waals surface area contributed by atoms with E-state index in [4.69, 9.17) is 11.6 Å². The van der Waals surface area contributed by atoms with Crippen LogP contribution in [0.15, 0.2) is 24.5 Å². The SMILES string of the molecule is Cc1ncc(Cl)c(-c2ncccc2F)n1. The van der Waals surface area contributed by atoms with E-state index in [1.807, 2.05) is 0 Å². The lowest BCUT2D eigenvalue weighted by Gasteiger charge is -2.03. The van der Waals surface area contributed by atoms with Crippen molar-refractivity contribution in [2.24, 2.45) is 0 Å². The lowest BCUT2D eigenvalue weighted by molar-refractivity contribution is 0.625. The summed E-state index contributed by atoms with van der Waals surface area (Å²) < 4.78 is 13.4. The van der Waals surface area contributed by atoms with Gasteiger partial charge in [0, 0.05) is 12.4 Å².